The van der Waals surface area contributed by atoms with E-state index < -0.39 is 0 Å². The molecule has 6 heteroatoms. The normalized spacial score (nSPS) is 12.2. The van der Waals surface area contributed by atoms with E-state index in [1.165, 1.54) is 27.1 Å². The predicted molar refractivity (Wildman–Crippen MR) is 183 cm³/mol. The van der Waals surface area contributed by atoms with Gasteiger partial charge in [0.15, 0.2) is 4.96 Å². The van der Waals surface area contributed by atoms with E-state index in [1.807, 2.05) is 30.3 Å². The number of benzene rings is 6. The van der Waals surface area contributed by atoms with E-state index >= 15 is 0 Å². The van der Waals surface area contributed by atoms with Crippen LogP contribution in [0.5, 0.6) is 0 Å². The zero-order valence-corrected chi connectivity index (χ0v) is 24.1. The average Bonchev–Trinajstić information content (AvgIpc) is 3.72. The molecular weight excluding hydrogens is 561 g/mol. The van der Waals surface area contributed by atoms with Crippen molar-refractivity contribution in [2.24, 2.45) is 0 Å². The maximum atomic E-state index is 13.8. The largest absolute Gasteiger partial charge is 0.307 e. The zero-order valence-electron chi connectivity index (χ0n) is 23.3. The Balaban J connectivity index is 1.37. The van der Waals surface area contributed by atoms with Crippen molar-refractivity contribution < 1.29 is 0 Å². The Morgan fingerprint density at radius 1 is 0.500 bits per heavy atom. The van der Waals surface area contributed by atoms with Crippen LogP contribution in [-0.2, 0) is 0 Å². The Morgan fingerprint density at radius 3 is 1.77 bits per heavy atom. The summed E-state index contributed by atoms with van der Waals surface area (Å²) < 4.78 is 7.52. The van der Waals surface area contributed by atoms with Crippen molar-refractivity contribution in [3.63, 3.8) is 0 Å². The van der Waals surface area contributed by atoms with E-state index in [-0.39, 0.29) is 5.56 Å². The van der Waals surface area contributed by atoms with Gasteiger partial charge in [0.2, 0.25) is 0 Å². The third-order valence-corrected chi connectivity index (χ3v) is 9.89. The molecule has 0 saturated carbocycles. The van der Waals surface area contributed by atoms with Gasteiger partial charge in [0.1, 0.15) is 0 Å². The van der Waals surface area contributed by atoms with Crippen molar-refractivity contribution in [3.05, 3.63) is 144 Å². The van der Waals surface area contributed by atoms with Gasteiger partial charge < -0.3 is 9.13 Å². The third-order valence-electron chi connectivity index (χ3n) is 8.87. The van der Waals surface area contributed by atoms with Crippen LogP contribution in [0.4, 0.5) is 0 Å². The van der Waals surface area contributed by atoms with E-state index in [2.05, 4.69) is 112 Å². The molecule has 4 aromatic heterocycles. The number of nitrogens with zero attached hydrogens (tertiary/aromatic N) is 4. The van der Waals surface area contributed by atoms with Gasteiger partial charge in [0.05, 0.1) is 43.2 Å². The fraction of sp³-hybridized carbons (Fsp3) is 0. The van der Waals surface area contributed by atoms with Crippen LogP contribution >= 0.6 is 11.3 Å². The third kappa shape index (κ3) is 3.07. The predicted octanol–water partition coefficient (Wildman–Crippen LogP) is 9.26. The van der Waals surface area contributed by atoms with Gasteiger partial charge in [-0.05, 0) is 54.6 Å². The zero-order chi connectivity index (χ0) is 28.9. The number of para-hydroxylation sites is 4. The smallest absolute Gasteiger partial charge is 0.266 e. The summed E-state index contributed by atoms with van der Waals surface area (Å²) in [6.07, 6.45) is 0. The second kappa shape index (κ2) is 8.66. The summed E-state index contributed by atoms with van der Waals surface area (Å²) in [6, 6.07) is 46.3. The highest BCUT2D eigenvalue weighted by atomic mass is 32.1. The van der Waals surface area contributed by atoms with Crippen molar-refractivity contribution in [2.75, 3.05) is 0 Å². The van der Waals surface area contributed by atoms with Crippen LogP contribution in [-0.4, -0.2) is 18.5 Å². The molecule has 0 aliphatic rings. The van der Waals surface area contributed by atoms with Crippen LogP contribution in [0.3, 0.4) is 0 Å². The Kier molecular flexibility index (Phi) is 4.68. The minimum Gasteiger partial charge on any atom is -0.307 e. The monoisotopic (exact) mass is 582 g/mol. The van der Waals surface area contributed by atoms with Crippen molar-refractivity contribution in [1.82, 2.24) is 18.5 Å². The molecule has 6 aromatic carbocycles. The molecule has 0 radical (unpaired) electrons. The fourth-order valence-electron chi connectivity index (χ4n) is 7.01. The molecule has 206 valence electrons. The quantitative estimate of drug-likeness (QED) is 0.204. The highest BCUT2D eigenvalue weighted by molar-refractivity contribution is 7.23. The Labute approximate surface area is 254 Å². The summed E-state index contributed by atoms with van der Waals surface area (Å²) in [6.45, 7) is 0. The first-order chi connectivity index (χ1) is 21.8. The lowest BCUT2D eigenvalue weighted by molar-refractivity contribution is 1.14. The Morgan fingerprint density at radius 2 is 1.07 bits per heavy atom. The molecule has 0 fully saturated rings. The first kappa shape index (κ1) is 23.8. The van der Waals surface area contributed by atoms with Gasteiger partial charge in [0, 0.05) is 32.9 Å². The van der Waals surface area contributed by atoms with E-state index in [9.17, 15) is 4.79 Å². The summed E-state index contributed by atoms with van der Waals surface area (Å²) in [4.78, 5) is 19.5. The molecule has 0 unspecified atom stereocenters. The van der Waals surface area contributed by atoms with E-state index in [4.69, 9.17) is 4.98 Å². The number of hydrogen-bond donors (Lipinski definition) is 0. The lowest BCUT2D eigenvalue weighted by Gasteiger charge is -2.13. The molecule has 44 heavy (non-hydrogen) atoms. The summed E-state index contributed by atoms with van der Waals surface area (Å²) in [5.74, 6) is 0. The van der Waals surface area contributed by atoms with Crippen LogP contribution in [0, 0.1) is 0 Å². The van der Waals surface area contributed by atoms with Crippen LogP contribution in [0.15, 0.2) is 138 Å². The molecule has 0 N–H and O–H groups in total. The second-order valence-corrected chi connectivity index (χ2v) is 12.2. The van der Waals surface area contributed by atoms with Gasteiger partial charge in [-0.15, -0.1) is 0 Å². The van der Waals surface area contributed by atoms with Crippen LogP contribution in [0.2, 0.25) is 0 Å². The number of rotatable bonds is 2. The molecule has 10 aromatic rings. The standard InChI is InChI=1S/C38H22N4OS/c43-37-29-19-18-24(22-30(29)39-38-42(37)33-16-8-9-17-34(33)44-38)41-32-15-7-5-13-26(32)28-21-20-27-25-12-4-6-14-31(25)40(35(27)36(28)41)23-10-2-1-3-11-23/h1-22H. The maximum Gasteiger partial charge on any atom is 0.266 e. The summed E-state index contributed by atoms with van der Waals surface area (Å²) in [7, 11) is 0. The van der Waals surface area contributed by atoms with Crippen LogP contribution in [0.1, 0.15) is 0 Å². The lowest BCUT2D eigenvalue weighted by Crippen LogP contribution is -2.13. The molecule has 0 aliphatic heterocycles. The van der Waals surface area contributed by atoms with Crippen molar-refractivity contribution in [1.29, 1.82) is 0 Å². The van der Waals surface area contributed by atoms with Crippen molar-refractivity contribution in [3.8, 4) is 11.4 Å². The van der Waals surface area contributed by atoms with Gasteiger partial charge in [-0.3, -0.25) is 9.20 Å². The highest BCUT2D eigenvalue weighted by Gasteiger charge is 2.21. The molecule has 4 heterocycles. The van der Waals surface area contributed by atoms with E-state index in [1.54, 1.807) is 15.7 Å². The minimum atomic E-state index is -0.0391. The fourth-order valence-corrected chi connectivity index (χ4v) is 8.04. The second-order valence-electron chi connectivity index (χ2n) is 11.2. The first-order valence-electron chi connectivity index (χ1n) is 14.6. The molecular formula is C38H22N4OS. The molecule has 5 nitrogen and oxygen atoms in total. The highest BCUT2D eigenvalue weighted by Crippen LogP contribution is 2.41. The van der Waals surface area contributed by atoms with Crippen molar-refractivity contribution in [2.45, 2.75) is 0 Å². The first-order valence-corrected chi connectivity index (χ1v) is 15.4. The van der Waals surface area contributed by atoms with Gasteiger partial charge >= 0.3 is 0 Å². The maximum absolute atomic E-state index is 13.8. The molecule has 0 spiro atoms. The van der Waals surface area contributed by atoms with Crippen molar-refractivity contribution >= 4 is 81.0 Å². The van der Waals surface area contributed by atoms with Crippen LogP contribution in [0.25, 0.3) is 81.1 Å². The number of thiazole rings is 1. The SMILES string of the molecule is O=c1c2ccc(-n3c4ccccc4c4ccc5c6ccccc6n(-c6ccccc6)c5c43)cc2nc2sc3ccccc3n12. The molecule has 0 atom stereocenters. The van der Waals surface area contributed by atoms with Gasteiger partial charge in [-0.1, -0.05) is 90.2 Å². The van der Waals surface area contributed by atoms with Crippen LogP contribution < -0.4 is 5.56 Å². The molecule has 0 aliphatic carbocycles. The van der Waals surface area contributed by atoms with Gasteiger partial charge in [0.25, 0.3) is 5.56 Å². The number of aromatic nitrogens is 4. The minimum absolute atomic E-state index is 0.0391. The van der Waals surface area contributed by atoms with Gasteiger partial charge in [-0.2, -0.15) is 0 Å². The van der Waals surface area contributed by atoms with E-state index in [0.29, 0.717) is 15.9 Å². The van der Waals surface area contributed by atoms with E-state index in [0.717, 1.165) is 38.1 Å². The molecule has 0 saturated heterocycles. The molecule has 10 rings (SSSR count). The average molecular weight is 583 g/mol. The Hall–Kier alpha value is -5.72. The lowest BCUT2D eigenvalue weighted by atomic mass is 10.1. The number of hydrogen-bond acceptors (Lipinski definition) is 3. The molecule has 0 bridgehead atoms. The van der Waals surface area contributed by atoms with Gasteiger partial charge in [-0.25, -0.2) is 4.98 Å². The summed E-state index contributed by atoms with van der Waals surface area (Å²) >= 11 is 1.54. The number of fused-ring (bicyclic) bond motifs is 11. The molecule has 0 amide bonds. The summed E-state index contributed by atoms with van der Waals surface area (Å²) in [5, 5.41) is 5.39. The topological polar surface area (TPSA) is 44.2 Å². The Bertz CT molecular complexity index is 2850. The summed E-state index contributed by atoms with van der Waals surface area (Å²) in [5.41, 5.74) is 8.19.